The van der Waals surface area contributed by atoms with Gasteiger partial charge < -0.3 is 19.9 Å². The maximum absolute atomic E-state index is 12.6. The summed E-state index contributed by atoms with van der Waals surface area (Å²) in [5.74, 6) is 1.73. The smallest absolute Gasteiger partial charge is 0.226 e. The Morgan fingerprint density at radius 1 is 1.16 bits per heavy atom. The Kier molecular flexibility index (Phi) is 7.34. The van der Waals surface area contributed by atoms with Crippen molar-refractivity contribution in [1.29, 1.82) is 0 Å². The van der Waals surface area contributed by atoms with Gasteiger partial charge in [0.15, 0.2) is 0 Å². The van der Waals surface area contributed by atoms with Crippen molar-refractivity contribution < 1.29 is 9.53 Å². The van der Waals surface area contributed by atoms with Crippen LogP contribution in [0.15, 0.2) is 48.0 Å². The number of aromatic nitrogens is 2. The molecular formula is C24H29N5O2S. The van der Waals surface area contributed by atoms with Crippen molar-refractivity contribution in [3.05, 3.63) is 59.2 Å². The number of amides is 1. The van der Waals surface area contributed by atoms with Crippen LogP contribution in [0, 0.1) is 0 Å². The van der Waals surface area contributed by atoms with E-state index in [2.05, 4.69) is 32.1 Å². The number of pyridine rings is 1. The third-order valence-electron chi connectivity index (χ3n) is 5.46. The van der Waals surface area contributed by atoms with Crippen molar-refractivity contribution in [2.75, 3.05) is 44.7 Å². The lowest BCUT2D eigenvalue weighted by atomic mass is 10.2. The van der Waals surface area contributed by atoms with Gasteiger partial charge in [0.2, 0.25) is 5.91 Å². The topological polar surface area (TPSA) is 70.6 Å². The SMILES string of the molecule is CCOc1ccccc1-c1nc(CC(=O)NCc2cccnc2N2CCN(C)CC2)cs1. The van der Waals surface area contributed by atoms with Crippen molar-refractivity contribution >= 4 is 23.1 Å². The van der Waals surface area contributed by atoms with E-state index in [0.29, 0.717) is 13.2 Å². The number of anilines is 1. The Hall–Kier alpha value is -2.97. The number of hydrogen-bond acceptors (Lipinski definition) is 7. The molecule has 0 aliphatic carbocycles. The normalized spacial score (nSPS) is 14.4. The van der Waals surface area contributed by atoms with Gasteiger partial charge in [-0.1, -0.05) is 18.2 Å². The number of rotatable bonds is 8. The summed E-state index contributed by atoms with van der Waals surface area (Å²) in [5, 5.41) is 5.84. The highest BCUT2D eigenvalue weighted by molar-refractivity contribution is 7.13. The molecule has 2 aromatic heterocycles. The predicted molar refractivity (Wildman–Crippen MR) is 128 cm³/mol. The molecule has 0 saturated carbocycles. The van der Waals surface area contributed by atoms with E-state index in [1.54, 1.807) is 0 Å². The minimum Gasteiger partial charge on any atom is -0.493 e. The van der Waals surface area contributed by atoms with E-state index in [4.69, 9.17) is 4.74 Å². The highest BCUT2D eigenvalue weighted by Crippen LogP contribution is 2.32. The Morgan fingerprint density at radius 3 is 2.78 bits per heavy atom. The molecule has 0 radical (unpaired) electrons. The summed E-state index contributed by atoms with van der Waals surface area (Å²) >= 11 is 1.53. The molecule has 7 nitrogen and oxygen atoms in total. The van der Waals surface area contributed by atoms with Crippen LogP contribution in [0.2, 0.25) is 0 Å². The molecule has 1 fully saturated rings. The van der Waals surface area contributed by atoms with E-state index in [1.807, 2.05) is 54.9 Å². The van der Waals surface area contributed by atoms with Crippen LogP contribution in [-0.2, 0) is 17.8 Å². The zero-order chi connectivity index (χ0) is 22.3. The molecule has 8 heteroatoms. The summed E-state index contributed by atoms with van der Waals surface area (Å²) in [6.07, 6.45) is 2.06. The fraction of sp³-hybridized carbons (Fsp3) is 0.375. The summed E-state index contributed by atoms with van der Waals surface area (Å²) in [5.41, 5.74) is 2.76. The molecule has 0 spiro atoms. The number of nitrogens with zero attached hydrogens (tertiary/aromatic N) is 4. The number of para-hydroxylation sites is 1. The zero-order valence-corrected chi connectivity index (χ0v) is 19.4. The predicted octanol–water partition coefficient (Wildman–Crippen LogP) is 3.21. The second kappa shape index (κ2) is 10.6. The molecule has 4 rings (SSSR count). The first-order chi connectivity index (χ1) is 15.6. The zero-order valence-electron chi connectivity index (χ0n) is 18.6. The number of hydrogen-bond donors (Lipinski definition) is 1. The van der Waals surface area contributed by atoms with Crippen LogP contribution in [0.1, 0.15) is 18.2 Å². The number of ether oxygens (including phenoxy) is 1. The van der Waals surface area contributed by atoms with Crippen molar-refractivity contribution in [2.45, 2.75) is 19.9 Å². The maximum Gasteiger partial charge on any atom is 0.226 e. The average Bonchev–Trinajstić information content (AvgIpc) is 3.27. The molecule has 1 saturated heterocycles. The molecule has 0 bridgehead atoms. The van der Waals surface area contributed by atoms with Gasteiger partial charge in [-0.25, -0.2) is 9.97 Å². The number of benzene rings is 1. The summed E-state index contributed by atoms with van der Waals surface area (Å²) in [6.45, 7) is 6.94. The lowest BCUT2D eigenvalue weighted by Crippen LogP contribution is -2.45. The molecule has 1 aliphatic rings. The Bertz CT molecular complexity index is 1050. The average molecular weight is 452 g/mol. The third kappa shape index (κ3) is 5.44. The highest BCUT2D eigenvalue weighted by Gasteiger charge is 2.18. The molecule has 3 heterocycles. The van der Waals surface area contributed by atoms with Crippen LogP contribution in [-0.4, -0.2) is 60.6 Å². The minimum atomic E-state index is -0.0480. The molecule has 32 heavy (non-hydrogen) atoms. The number of likely N-dealkylation sites (N-methyl/N-ethyl adjacent to an activating group) is 1. The molecule has 1 aromatic carbocycles. The molecular weight excluding hydrogens is 422 g/mol. The van der Waals surface area contributed by atoms with Gasteiger partial charge in [0, 0.05) is 49.9 Å². The Balaban J connectivity index is 1.37. The first-order valence-corrected chi connectivity index (χ1v) is 11.8. The summed E-state index contributed by atoms with van der Waals surface area (Å²) in [6, 6.07) is 11.8. The first-order valence-electron chi connectivity index (χ1n) is 10.9. The van der Waals surface area contributed by atoms with Crippen LogP contribution >= 0.6 is 11.3 Å². The van der Waals surface area contributed by atoms with Gasteiger partial charge in [-0.3, -0.25) is 4.79 Å². The van der Waals surface area contributed by atoms with Crippen LogP contribution in [0.5, 0.6) is 5.75 Å². The van der Waals surface area contributed by atoms with Crippen LogP contribution in [0.25, 0.3) is 10.6 Å². The standard InChI is InChI=1S/C24H29N5O2S/c1-3-31-21-9-5-4-8-20(21)24-27-19(17-32-24)15-22(30)26-16-18-7-6-10-25-23(18)29-13-11-28(2)12-14-29/h4-10,17H,3,11-16H2,1-2H3,(H,26,30). The number of carbonyl (C=O) groups is 1. The van der Waals surface area contributed by atoms with Crippen molar-refractivity contribution in [3.63, 3.8) is 0 Å². The number of carbonyl (C=O) groups excluding carboxylic acids is 1. The maximum atomic E-state index is 12.6. The highest BCUT2D eigenvalue weighted by atomic mass is 32.1. The van der Waals surface area contributed by atoms with Gasteiger partial charge in [0.25, 0.3) is 0 Å². The molecule has 1 N–H and O–H groups in total. The van der Waals surface area contributed by atoms with Crippen molar-refractivity contribution in [1.82, 2.24) is 20.2 Å². The molecule has 0 atom stereocenters. The summed E-state index contributed by atoms with van der Waals surface area (Å²) < 4.78 is 5.71. The summed E-state index contributed by atoms with van der Waals surface area (Å²) in [4.78, 5) is 26.5. The van der Waals surface area contributed by atoms with Crippen LogP contribution in [0.4, 0.5) is 5.82 Å². The first kappa shape index (κ1) is 22.2. The van der Waals surface area contributed by atoms with E-state index < -0.39 is 0 Å². The van der Waals surface area contributed by atoms with Gasteiger partial charge in [-0.05, 0) is 32.2 Å². The van der Waals surface area contributed by atoms with Crippen LogP contribution in [0.3, 0.4) is 0 Å². The molecule has 1 amide bonds. The quantitative estimate of drug-likeness (QED) is 0.567. The Labute approximate surface area is 193 Å². The minimum absolute atomic E-state index is 0.0480. The summed E-state index contributed by atoms with van der Waals surface area (Å²) in [7, 11) is 2.14. The van der Waals surface area contributed by atoms with Gasteiger partial charge in [-0.2, -0.15) is 0 Å². The Morgan fingerprint density at radius 2 is 1.97 bits per heavy atom. The third-order valence-corrected chi connectivity index (χ3v) is 6.38. The van der Waals surface area contributed by atoms with E-state index in [0.717, 1.165) is 59.6 Å². The van der Waals surface area contributed by atoms with E-state index in [9.17, 15) is 4.79 Å². The van der Waals surface area contributed by atoms with Gasteiger partial charge >= 0.3 is 0 Å². The van der Waals surface area contributed by atoms with E-state index in [-0.39, 0.29) is 12.3 Å². The van der Waals surface area contributed by atoms with Gasteiger partial charge in [-0.15, -0.1) is 11.3 Å². The van der Waals surface area contributed by atoms with Crippen molar-refractivity contribution in [2.24, 2.45) is 0 Å². The lowest BCUT2D eigenvalue weighted by Gasteiger charge is -2.34. The lowest BCUT2D eigenvalue weighted by molar-refractivity contribution is -0.120. The fourth-order valence-corrected chi connectivity index (χ4v) is 4.58. The second-order valence-corrected chi connectivity index (χ2v) is 8.66. The molecule has 3 aromatic rings. The number of nitrogens with one attached hydrogen (secondary N) is 1. The molecule has 0 unspecified atom stereocenters. The second-order valence-electron chi connectivity index (χ2n) is 7.80. The molecule has 1 aliphatic heterocycles. The van der Waals surface area contributed by atoms with Crippen molar-refractivity contribution in [3.8, 4) is 16.3 Å². The van der Waals surface area contributed by atoms with Gasteiger partial charge in [0.1, 0.15) is 16.6 Å². The van der Waals surface area contributed by atoms with E-state index in [1.165, 1.54) is 11.3 Å². The van der Waals surface area contributed by atoms with Crippen LogP contribution < -0.4 is 15.0 Å². The van der Waals surface area contributed by atoms with Gasteiger partial charge in [0.05, 0.1) is 24.3 Å². The number of piperazine rings is 1. The van der Waals surface area contributed by atoms with E-state index >= 15 is 0 Å². The monoisotopic (exact) mass is 451 g/mol. The number of thiazole rings is 1. The largest absolute Gasteiger partial charge is 0.493 e. The molecule has 168 valence electrons. The fourth-order valence-electron chi connectivity index (χ4n) is 3.73.